The van der Waals surface area contributed by atoms with Crippen LogP contribution in [0, 0.1) is 5.92 Å². The van der Waals surface area contributed by atoms with E-state index in [1.807, 2.05) is 12.1 Å². The minimum Gasteiger partial charge on any atom is -0.372 e. The molecule has 1 atom stereocenters. The third-order valence-electron chi connectivity index (χ3n) is 3.01. The maximum atomic E-state index is 6.02. The zero-order valence-corrected chi connectivity index (χ0v) is 13.0. The maximum absolute atomic E-state index is 6.02. The van der Waals surface area contributed by atoms with E-state index < -0.39 is 0 Å². The van der Waals surface area contributed by atoms with Crippen molar-refractivity contribution in [3.8, 4) is 0 Å². The number of benzene rings is 1. The molecule has 1 aromatic rings. The molecule has 1 N–H and O–H groups in total. The van der Waals surface area contributed by atoms with Crippen molar-refractivity contribution in [2.75, 3.05) is 19.7 Å². The van der Waals surface area contributed by atoms with Crippen LogP contribution >= 0.6 is 11.6 Å². The van der Waals surface area contributed by atoms with Crippen LogP contribution in [0.1, 0.15) is 45.3 Å². The van der Waals surface area contributed by atoms with E-state index in [2.05, 4.69) is 38.2 Å². The van der Waals surface area contributed by atoms with Crippen LogP contribution in [0.2, 0.25) is 5.02 Å². The summed E-state index contributed by atoms with van der Waals surface area (Å²) >= 11 is 5.93. The second kappa shape index (κ2) is 9.35. The molecule has 0 saturated carbocycles. The minimum absolute atomic E-state index is 0.113. The molecule has 3 heteroatoms. The predicted molar refractivity (Wildman–Crippen MR) is 82.8 cm³/mol. The van der Waals surface area contributed by atoms with Crippen LogP contribution in [0.4, 0.5) is 0 Å². The second-order valence-electron chi connectivity index (χ2n) is 5.30. The smallest absolute Gasteiger partial charge is 0.0949 e. The molecular formula is C16H26ClNO. The Bertz CT molecular complexity index is 337. The lowest BCUT2D eigenvalue weighted by molar-refractivity contribution is 0.0459. The van der Waals surface area contributed by atoms with Gasteiger partial charge in [0.2, 0.25) is 0 Å². The molecule has 2 nitrogen and oxygen atoms in total. The van der Waals surface area contributed by atoms with E-state index in [0.717, 1.165) is 37.6 Å². The Morgan fingerprint density at radius 2 is 1.89 bits per heavy atom. The Morgan fingerprint density at radius 1 is 1.21 bits per heavy atom. The summed E-state index contributed by atoms with van der Waals surface area (Å²) < 4.78 is 6.02. The number of nitrogens with one attached hydrogen (secondary N) is 1. The third kappa shape index (κ3) is 6.95. The van der Waals surface area contributed by atoms with Crippen molar-refractivity contribution in [1.29, 1.82) is 0 Å². The Morgan fingerprint density at radius 3 is 2.47 bits per heavy atom. The molecule has 0 amide bonds. The highest BCUT2D eigenvalue weighted by molar-refractivity contribution is 6.30. The first-order valence-corrected chi connectivity index (χ1v) is 7.59. The zero-order valence-electron chi connectivity index (χ0n) is 12.3. The average molecular weight is 284 g/mol. The Kier molecular flexibility index (Phi) is 8.11. The van der Waals surface area contributed by atoms with E-state index in [9.17, 15) is 0 Å². The fourth-order valence-electron chi connectivity index (χ4n) is 1.81. The van der Waals surface area contributed by atoms with Gasteiger partial charge in [0.15, 0.2) is 0 Å². The predicted octanol–water partition coefficient (Wildman–Crippen LogP) is 4.44. The van der Waals surface area contributed by atoms with E-state index in [0.29, 0.717) is 5.92 Å². The molecule has 0 heterocycles. The molecule has 0 radical (unpaired) electrons. The van der Waals surface area contributed by atoms with Crippen LogP contribution in [-0.4, -0.2) is 19.7 Å². The average Bonchev–Trinajstić information content (AvgIpc) is 2.38. The molecule has 0 spiro atoms. The highest BCUT2D eigenvalue weighted by Gasteiger charge is 2.11. The van der Waals surface area contributed by atoms with Gasteiger partial charge in [0.05, 0.1) is 6.10 Å². The van der Waals surface area contributed by atoms with Gasteiger partial charge in [0.25, 0.3) is 0 Å². The molecular weight excluding hydrogens is 258 g/mol. The summed E-state index contributed by atoms with van der Waals surface area (Å²) in [6.07, 6.45) is 2.35. The quantitative estimate of drug-likeness (QED) is 0.676. The molecule has 108 valence electrons. The molecule has 0 aromatic heterocycles. The molecule has 1 aromatic carbocycles. The summed E-state index contributed by atoms with van der Waals surface area (Å²) in [6.45, 7) is 9.29. The molecule has 0 bridgehead atoms. The highest BCUT2D eigenvalue weighted by atomic mass is 35.5. The number of ether oxygens (including phenoxy) is 1. The third-order valence-corrected chi connectivity index (χ3v) is 3.26. The lowest BCUT2D eigenvalue weighted by Crippen LogP contribution is -2.24. The van der Waals surface area contributed by atoms with Gasteiger partial charge in [-0.15, -0.1) is 0 Å². The van der Waals surface area contributed by atoms with Crippen LogP contribution < -0.4 is 5.32 Å². The molecule has 1 rings (SSSR count). The summed E-state index contributed by atoms with van der Waals surface area (Å²) in [5.74, 6) is 0.675. The Balaban J connectivity index is 2.54. The van der Waals surface area contributed by atoms with Crippen molar-refractivity contribution in [1.82, 2.24) is 5.32 Å². The number of hydrogen-bond acceptors (Lipinski definition) is 2. The van der Waals surface area contributed by atoms with Gasteiger partial charge < -0.3 is 10.1 Å². The van der Waals surface area contributed by atoms with Crippen molar-refractivity contribution in [3.63, 3.8) is 0 Å². The summed E-state index contributed by atoms with van der Waals surface area (Å²) in [5, 5.41) is 4.20. The van der Waals surface area contributed by atoms with Crippen molar-refractivity contribution < 1.29 is 4.74 Å². The van der Waals surface area contributed by atoms with Crippen molar-refractivity contribution in [2.45, 2.75) is 39.7 Å². The minimum atomic E-state index is 0.113. The van der Waals surface area contributed by atoms with E-state index in [-0.39, 0.29) is 6.10 Å². The van der Waals surface area contributed by atoms with E-state index in [4.69, 9.17) is 16.3 Å². The molecule has 19 heavy (non-hydrogen) atoms. The van der Waals surface area contributed by atoms with E-state index in [1.165, 1.54) is 5.56 Å². The number of halogens is 1. The molecule has 1 unspecified atom stereocenters. The summed E-state index contributed by atoms with van der Waals surface area (Å²) in [7, 11) is 0. The summed E-state index contributed by atoms with van der Waals surface area (Å²) in [4.78, 5) is 0. The number of hydrogen-bond donors (Lipinski definition) is 1. The normalized spacial score (nSPS) is 12.9. The first-order chi connectivity index (χ1) is 9.13. The van der Waals surface area contributed by atoms with Gasteiger partial charge in [0, 0.05) is 18.2 Å². The van der Waals surface area contributed by atoms with Crippen molar-refractivity contribution >= 4 is 11.6 Å². The van der Waals surface area contributed by atoms with Gasteiger partial charge in [-0.25, -0.2) is 0 Å². The molecule has 0 aliphatic carbocycles. The van der Waals surface area contributed by atoms with Crippen LogP contribution in [0.5, 0.6) is 0 Å². The summed E-state index contributed by atoms with van der Waals surface area (Å²) in [5.41, 5.74) is 1.19. The van der Waals surface area contributed by atoms with Crippen LogP contribution in [-0.2, 0) is 4.74 Å². The number of rotatable bonds is 9. The monoisotopic (exact) mass is 283 g/mol. The van der Waals surface area contributed by atoms with Crippen molar-refractivity contribution in [3.05, 3.63) is 34.9 Å². The highest BCUT2D eigenvalue weighted by Crippen LogP contribution is 2.20. The summed E-state index contributed by atoms with van der Waals surface area (Å²) in [6, 6.07) is 7.96. The van der Waals surface area contributed by atoms with Crippen LogP contribution in [0.25, 0.3) is 0 Å². The molecule has 0 saturated heterocycles. The molecule has 0 fully saturated rings. The van der Waals surface area contributed by atoms with Gasteiger partial charge in [-0.05, 0) is 43.0 Å². The van der Waals surface area contributed by atoms with E-state index in [1.54, 1.807) is 0 Å². The first-order valence-electron chi connectivity index (χ1n) is 7.21. The first kappa shape index (κ1) is 16.5. The van der Waals surface area contributed by atoms with Gasteiger partial charge in [-0.3, -0.25) is 0 Å². The Labute approximate surface area is 122 Å². The van der Waals surface area contributed by atoms with E-state index >= 15 is 0 Å². The van der Waals surface area contributed by atoms with Crippen LogP contribution in [0.15, 0.2) is 24.3 Å². The topological polar surface area (TPSA) is 21.3 Å². The van der Waals surface area contributed by atoms with Gasteiger partial charge in [-0.2, -0.15) is 0 Å². The van der Waals surface area contributed by atoms with Gasteiger partial charge in [-0.1, -0.05) is 44.5 Å². The lowest BCUT2D eigenvalue weighted by atomic mass is 10.1. The van der Waals surface area contributed by atoms with Crippen molar-refractivity contribution in [2.24, 2.45) is 5.92 Å². The Hall–Kier alpha value is -0.570. The standard InChI is InChI=1S/C16H26ClNO/c1-4-10-18-12-16(19-11-9-13(2)3)14-5-7-15(17)8-6-14/h5-8,13,16,18H,4,9-12H2,1-3H3. The molecule has 0 aliphatic rings. The van der Waals surface area contributed by atoms with Gasteiger partial charge >= 0.3 is 0 Å². The second-order valence-corrected chi connectivity index (χ2v) is 5.73. The fourth-order valence-corrected chi connectivity index (χ4v) is 1.93. The maximum Gasteiger partial charge on any atom is 0.0949 e. The lowest BCUT2D eigenvalue weighted by Gasteiger charge is -2.20. The zero-order chi connectivity index (χ0) is 14.1. The SMILES string of the molecule is CCCNCC(OCCC(C)C)c1ccc(Cl)cc1. The fraction of sp³-hybridized carbons (Fsp3) is 0.625. The van der Waals surface area contributed by atoms with Crippen LogP contribution in [0.3, 0.4) is 0 Å². The van der Waals surface area contributed by atoms with Gasteiger partial charge in [0.1, 0.15) is 0 Å². The molecule has 0 aliphatic heterocycles. The largest absolute Gasteiger partial charge is 0.372 e.